The first-order chi connectivity index (χ1) is 13.4. The highest BCUT2D eigenvalue weighted by Gasteiger charge is 2.16. The Bertz CT molecular complexity index is 1060. The molecule has 0 aromatic heterocycles. The number of para-hydroxylation sites is 1. The Morgan fingerprint density at radius 2 is 1.50 bits per heavy atom. The minimum atomic E-state index is -3.34. The molecular weight excluding hydrogens is 372 g/mol. The summed E-state index contributed by atoms with van der Waals surface area (Å²) in [4.78, 5) is 12.7. The van der Waals surface area contributed by atoms with Gasteiger partial charge in [-0.3, -0.25) is 9.10 Å². The number of anilines is 2. The van der Waals surface area contributed by atoms with Crippen LogP contribution in [0.3, 0.4) is 0 Å². The van der Waals surface area contributed by atoms with Gasteiger partial charge < -0.3 is 5.32 Å². The summed E-state index contributed by atoms with van der Waals surface area (Å²) in [5, 5.41) is 2.94. The van der Waals surface area contributed by atoms with Gasteiger partial charge in [0.25, 0.3) is 5.91 Å². The van der Waals surface area contributed by atoms with Crippen molar-refractivity contribution < 1.29 is 13.2 Å². The standard InChI is InChI=1S/C22H22N2O3S/c1-3-28(26,27)24(2)19-15-13-18(14-16-19)22(25)23-21-12-8-7-11-20(21)17-9-5-4-6-10-17/h4-16H,3H2,1-2H3,(H,23,25). The van der Waals surface area contributed by atoms with Crippen molar-refractivity contribution in [2.24, 2.45) is 0 Å². The van der Waals surface area contributed by atoms with E-state index in [4.69, 9.17) is 0 Å². The Kier molecular flexibility index (Phi) is 5.80. The van der Waals surface area contributed by atoms with Crippen molar-refractivity contribution in [1.82, 2.24) is 0 Å². The van der Waals surface area contributed by atoms with E-state index in [-0.39, 0.29) is 11.7 Å². The fourth-order valence-corrected chi connectivity index (χ4v) is 3.66. The number of nitrogens with one attached hydrogen (secondary N) is 1. The minimum Gasteiger partial charge on any atom is -0.321 e. The van der Waals surface area contributed by atoms with Crippen LogP contribution in [0.25, 0.3) is 11.1 Å². The number of carbonyl (C=O) groups excluding carboxylic acids is 1. The molecule has 0 aliphatic carbocycles. The molecule has 1 N–H and O–H groups in total. The number of rotatable bonds is 6. The van der Waals surface area contributed by atoms with Crippen LogP contribution >= 0.6 is 0 Å². The van der Waals surface area contributed by atoms with Gasteiger partial charge in [-0.1, -0.05) is 48.5 Å². The molecule has 0 fully saturated rings. The molecule has 0 unspecified atom stereocenters. The second-order valence-corrected chi connectivity index (χ2v) is 8.57. The van der Waals surface area contributed by atoms with Crippen molar-refractivity contribution in [3.8, 4) is 11.1 Å². The molecule has 0 spiro atoms. The zero-order valence-electron chi connectivity index (χ0n) is 15.8. The lowest BCUT2D eigenvalue weighted by Crippen LogP contribution is -2.28. The lowest BCUT2D eigenvalue weighted by Gasteiger charge is -2.18. The first kappa shape index (κ1) is 19.6. The van der Waals surface area contributed by atoms with Crippen LogP contribution in [0.5, 0.6) is 0 Å². The molecule has 28 heavy (non-hydrogen) atoms. The normalized spacial score (nSPS) is 11.1. The highest BCUT2D eigenvalue weighted by atomic mass is 32.2. The van der Waals surface area contributed by atoms with Crippen LogP contribution in [0, 0.1) is 0 Å². The molecule has 144 valence electrons. The van der Waals surface area contributed by atoms with E-state index in [0.29, 0.717) is 16.9 Å². The third-order valence-electron chi connectivity index (χ3n) is 4.54. The van der Waals surface area contributed by atoms with Gasteiger partial charge in [0, 0.05) is 23.9 Å². The third-order valence-corrected chi connectivity index (χ3v) is 6.31. The molecule has 0 aliphatic heterocycles. The largest absolute Gasteiger partial charge is 0.321 e. The summed E-state index contributed by atoms with van der Waals surface area (Å²) < 4.78 is 25.2. The minimum absolute atomic E-state index is 0.0159. The van der Waals surface area contributed by atoms with E-state index in [1.165, 1.54) is 11.4 Å². The Morgan fingerprint density at radius 1 is 0.893 bits per heavy atom. The van der Waals surface area contributed by atoms with Gasteiger partial charge in [0.2, 0.25) is 10.0 Å². The van der Waals surface area contributed by atoms with Crippen molar-refractivity contribution in [2.45, 2.75) is 6.92 Å². The van der Waals surface area contributed by atoms with Crippen molar-refractivity contribution in [2.75, 3.05) is 22.4 Å². The molecular formula is C22H22N2O3S. The molecule has 3 aromatic carbocycles. The zero-order valence-corrected chi connectivity index (χ0v) is 16.6. The highest BCUT2D eigenvalue weighted by molar-refractivity contribution is 7.92. The van der Waals surface area contributed by atoms with Gasteiger partial charge in [0.1, 0.15) is 0 Å². The van der Waals surface area contributed by atoms with Crippen molar-refractivity contribution in [1.29, 1.82) is 0 Å². The zero-order chi connectivity index (χ0) is 20.1. The van der Waals surface area contributed by atoms with Crippen LogP contribution in [-0.4, -0.2) is 27.1 Å². The van der Waals surface area contributed by atoms with Crippen molar-refractivity contribution in [3.05, 3.63) is 84.4 Å². The summed E-state index contributed by atoms with van der Waals surface area (Å²) in [7, 11) is -1.83. The summed E-state index contributed by atoms with van der Waals surface area (Å²) in [6.07, 6.45) is 0. The number of nitrogens with zero attached hydrogens (tertiary/aromatic N) is 1. The number of carbonyl (C=O) groups is 1. The predicted octanol–water partition coefficient (Wildman–Crippen LogP) is 4.39. The number of hydrogen-bond donors (Lipinski definition) is 1. The van der Waals surface area contributed by atoms with E-state index in [0.717, 1.165) is 11.1 Å². The number of sulfonamides is 1. The molecule has 1 amide bonds. The van der Waals surface area contributed by atoms with Gasteiger partial charge in [0.15, 0.2) is 0 Å². The maximum absolute atomic E-state index is 12.7. The van der Waals surface area contributed by atoms with Gasteiger partial charge in [-0.05, 0) is 42.8 Å². The second-order valence-electron chi connectivity index (χ2n) is 6.28. The van der Waals surface area contributed by atoms with Crippen LogP contribution in [0.15, 0.2) is 78.9 Å². The maximum Gasteiger partial charge on any atom is 0.255 e. The summed E-state index contributed by atoms with van der Waals surface area (Å²) in [5.74, 6) is -0.238. The van der Waals surface area contributed by atoms with Crippen LogP contribution in [-0.2, 0) is 10.0 Å². The number of amides is 1. The Balaban J connectivity index is 1.82. The van der Waals surface area contributed by atoms with Crippen LogP contribution in [0.1, 0.15) is 17.3 Å². The van der Waals surface area contributed by atoms with Crippen molar-refractivity contribution >= 4 is 27.3 Å². The Hall–Kier alpha value is -3.12. The monoisotopic (exact) mass is 394 g/mol. The first-order valence-corrected chi connectivity index (χ1v) is 10.6. The molecule has 0 saturated carbocycles. The molecule has 0 radical (unpaired) electrons. The third kappa shape index (κ3) is 4.23. The summed E-state index contributed by atoms with van der Waals surface area (Å²) in [6.45, 7) is 1.60. The maximum atomic E-state index is 12.7. The van der Waals surface area contributed by atoms with Crippen LogP contribution < -0.4 is 9.62 Å². The lowest BCUT2D eigenvalue weighted by molar-refractivity contribution is 0.102. The van der Waals surface area contributed by atoms with Gasteiger partial charge >= 0.3 is 0 Å². The van der Waals surface area contributed by atoms with E-state index < -0.39 is 10.0 Å². The molecule has 5 nitrogen and oxygen atoms in total. The summed E-state index contributed by atoms with van der Waals surface area (Å²) in [5.41, 5.74) is 3.63. The fraction of sp³-hybridized carbons (Fsp3) is 0.136. The van der Waals surface area contributed by atoms with E-state index in [1.807, 2.05) is 54.6 Å². The quantitative estimate of drug-likeness (QED) is 0.674. The summed E-state index contributed by atoms with van der Waals surface area (Å²) >= 11 is 0. The molecule has 0 aliphatic rings. The topological polar surface area (TPSA) is 66.5 Å². The van der Waals surface area contributed by atoms with Gasteiger partial charge in [-0.2, -0.15) is 0 Å². The molecule has 0 heterocycles. The van der Waals surface area contributed by atoms with Crippen LogP contribution in [0.4, 0.5) is 11.4 Å². The predicted molar refractivity (Wildman–Crippen MR) is 114 cm³/mol. The Morgan fingerprint density at radius 3 is 2.14 bits per heavy atom. The summed E-state index contributed by atoms with van der Waals surface area (Å²) in [6, 6.07) is 23.9. The Labute approximate surface area is 165 Å². The molecule has 0 atom stereocenters. The smallest absolute Gasteiger partial charge is 0.255 e. The molecule has 0 saturated heterocycles. The van der Waals surface area contributed by atoms with E-state index in [9.17, 15) is 13.2 Å². The first-order valence-electron chi connectivity index (χ1n) is 8.95. The SMILES string of the molecule is CCS(=O)(=O)N(C)c1ccc(C(=O)Nc2ccccc2-c2ccccc2)cc1. The number of hydrogen-bond acceptors (Lipinski definition) is 3. The molecule has 6 heteroatoms. The fourth-order valence-electron chi connectivity index (χ4n) is 2.83. The van der Waals surface area contributed by atoms with Crippen LogP contribution in [0.2, 0.25) is 0 Å². The average Bonchev–Trinajstić information content (AvgIpc) is 2.74. The number of benzene rings is 3. The molecule has 3 rings (SSSR count). The van der Waals surface area contributed by atoms with E-state index in [2.05, 4.69) is 5.32 Å². The van der Waals surface area contributed by atoms with E-state index in [1.54, 1.807) is 31.2 Å². The van der Waals surface area contributed by atoms with Crippen molar-refractivity contribution in [3.63, 3.8) is 0 Å². The average molecular weight is 394 g/mol. The van der Waals surface area contributed by atoms with Gasteiger partial charge in [0.05, 0.1) is 11.4 Å². The molecule has 3 aromatic rings. The highest BCUT2D eigenvalue weighted by Crippen LogP contribution is 2.28. The molecule has 0 bridgehead atoms. The van der Waals surface area contributed by atoms with E-state index >= 15 is 0 Å². The second kappa shape index (κ2) is 8.27. The van der Waals surface area contributed by atoms with Gasteiger partial charge in [-0.25, -0.2) is 8.42 Å². The lowest BCUT2D eigenvalue weighted by atomic mass is 10.0. The van der Waals surface area contributed by atoms with Gasteiger partial charge in [-0.15, -0.1) is 0 Å².